The number of aryl methyl sites for hydroxylation is 1. The molecular formula is C18H23N3O2. The molecule has 0 saturated carbocycles. The van der Waals surface area contributed by atoms with Gasteiger partial charge in [0.1, 0.15) is 6.10 Å². The first-order valence-electron chi connectivity index (χ1n) is 7.99. The van der Waals surface area contributed by atoms with Gasteiger partial charge in [0.25, 0.3) is 0 Å². The number of allylic oxidation sites excluding steroid dienone is 1. The van der Waals surface area contributed by atoms with E-state index in [-0.39, 0.29) is 12.2 Å². The van der Waals surface area contributed by atoms with E-state index in [9.17, 15) is 0 Å². The van der Waals surface area contributed by atoms with E-state index in [2.05, 4.69) is 66.3 Å². The normalized spacial score (nSPS) is 22.7. The summed E-state index contributed by atoms with van der Waals surface area (Å²) >= 11 is 0. The van der Waals surface area contributed by atoms with E-state index >= 15 is 0 Å². The molecule has 2 aromatic rings. The maximum absolute atomic E-state index is 5.89. The van der Waals surface area contributed by atoms with Crippen molar-refractivity contribution in [3.8, 4) is 0 Å². The Kier molecular flexibility index (Phi) is 4.88. The smallest absolute Gasteiger partial charge is 0.246 e. The standard InChI is InChI=1S/C18H23N3O2/c1-13-7-9-15(10-8-13)5-4-6-17-19-20-18(23-17)16-12-21(3)11-14(2)22-16/h4-5,7-10,14,16H,6,11-12H2,1-3H3/t14-,16-/m1/s1. The van der Waals surface area contributed by atoms with Gasteiger partial charge in [0.05, 0.1) is 6.10 Å². The maximum Gasteiger partial charge on any atom is 0.246 e. The Morgan fingerprint density at radius 3 is 2.74 bits per heavy atom. The fourth-order valence-corrected chi connectivity index (χ4v) is 2.75. The number of morpholine rings is 1. The third-order valence-electron chi connectivity index (χ3n) is 3.88. The summed E-state index contributed by atoms with van der Waals surface area (Å²) in [6.07, 6.45) is 4.77. The molecule has 1 fully saturated rings. The van der Waals surface area contributed by atoms with Gasteiger partial charge in [-0.1, -0.05) is 42.0 Å². The second-order valence-corrected chi connectivity index (χ2v) is 6.21. The zero-order valence-electron chi connectivity index (χ0n) is 13.9. The average molecular weight is 313 g/mol. The lowest BCUT2D eigenvalue weighted by atomic mass is 10.1. The van der Waals surface area contributed by atoms with Gasteiger partial charge in [0.15, 0.2) is 0 Å². The Morgan fingerprint density at radius 1 is 1.22 bits per heavy atom. The molecule has 122 valence electrons. The Bertz CT molecular complexity index is 653. The SMILES string of the molecule is Cc1ccc(C=CCc2nnc([C@H]3CN(C)C[C@@H](C)O3)o2)cc1. The third kappa shape index (κ3) is 4.27. The van der Waals surface area contributed by atoms with E-state index < -0.39 is 0 Å². The van der Waals surface area contributed by atoms with E-state index in [1.165, 1.54) is 11.1 Å². The quantitative estimate of drug-likeness (QED) is 0.868. The van der Waals surface area contributed by atoms with Crippen LogP contribution < -0.4 is 0 Å². The van der Waals surface area contributed by atoms with Crippen LogP contribution >= 0.6 is 0 Å². The minimum Gasteiger partial charge on any atom is -0.422 e. The zero-order valence-corrected chi connectivity index (χ0v) is 13.9. The minimum atomic E-state index is -0.133. The topological polar surface area (TPSA) is 51.4 Å². The van der Waals surface area contributed by atoms with Crippen molar-refractivity contribution < 1.29 is 9.15 Å². The Hall–Kier alpha value is -1.98. The van der Waals surface area contributed by atoms with Crippen LogP contribution in [0.25, 0.3) is 6.08 Å². The number of aromatic nitrogens is 2. The molecule has 0 unspecified atom stereocenters. The molecule has 1 aromatic heterocycles. The van der Waals surface area contributed by atoms with Crippen molar-refractivity contribution in [1.82, 2.24) is 15.1 Å². The first kappa shape index (κ1) is 15.9. The number of likely N-dealkylation sites (N-methyl/N-ethyl adjacent to an activating group) is 1. The largest absolute Gasteiger partial charge is 0.422 e. The monoisotopic (exact) mass is 313 g/mol. The molecule has 5 heteroatoms. The van der Waals surface area contributed by atoms with Gasteiger partial charge < -0.3 is 14.1 Å². The van der Waals surface area contributed by atoms with E-state index in [1.54, 1.807) is 0 Å². The second kappa shape index (κ2) is 7.06. The van der Waals surface area contributed by atoms with Gasteiger partial charge in [0, 0.05) is 19.5 Å². The van der Waals surface area contributed by atoms with Crippen LogP contribution in [0.15, 0.2) is 34.8 Å². The molecule has 2 atom stereocenters. The Labute approximate surface area is 137 Å². The molecule has 1 aliphatic heterocycles. The van der Waals surface area contributed by atoms with Crippen molar-refractivity contribution in [3.05, 3.63) is 53.2 Å². The highest BCUT2D eigenvalue weighted by Gasteiger charge is 2.28. The molecule has 1 aromatic carbocycles. The van der Waals surface area contributed by atoms with Gasteiger partial charge in [-0.3, -0.25) is 0 Å². The molecule has 0 aliphatic carbocycles. The fraction of sp³-hybridized carbons (Fsp3) is 0.444. The van der Waals surface area contributed by atoms with Crippen molar-refractivity contribution in [2.45, 2.75) is 32.5 Å². The van der Waals surface area contributed by atoms with E-state index in [0.29, 0.717) is 18.2 Å². The summed E-state index contributed by atoms with van der Waals surface area (Å²) in [5.74, 6) is 1.19. The molecule has 5 nitrogen and oxygen atoms in total. The van der Waals surface area contributed by atoms with Crippen LogP contribution in [0.5, 0.6) is 0 Å². The van der Waals surface area contributed by atoms with Crippen LogP contribution in [0, 0.1) is 6.92 Å². The van der Waals surface area contributed by atoms with Crippen molar-refractivity contribution in [2.24, 2.45) is 0 Å². The lowest BCUT2D eigenvalue weighted by Gasteiger charge is -2.32. The number of benzene rings is 1. The fourth-order valence-electron chi connectivity index (χ4n) is 2.75. The Balaban J connectivity index is 1.60. The van der Waals surface area contributed by atoms with Gasteiger partial charge in [-0.25, -0.2) is 0 Å². The van der Waals surface area contributed by atoms with Crippen molar-refractivity contribution in [3.63, 3.8) is 0 Å². The molecule has 0 N–H and O–H groups in total. The molecule has 1 aliphatic rings. The van der Waals surface area contributed by atoms with Crippen LogP contribution in [0.4, 0.5) is 0 Å². The number of rotatable bonds is 4. The predicted octanol–water partition coefficient (Wildman–Crippen LogP) is 3.03. The van der Waals surface area contributed by atoms with Crippen molar-refractivity contribution in [2.75, 3.05) is 20.1 Å². The molecule has 1 saturated heterocycles. The summed E-state index contributed by atoms with van der Waals surface area (Å²) in [6, 6.07) is 8.39. The van der Waals surface area contributed by atoms with Crippen molar-refractivity contribution >= 4 is 6.08 Å². The minimum absolute atomic E-state index is 0.133. The maximum atomic E-state index is 5.89. The zero-order chi connectivity index (χ0) is 16.2. The van der Waals surface area contributed by atoms with Gasteiger partial charge in [-0.15, -0.1) is 10.2 Å². The number of hydrogen-bond acceptors (Lipinski definition) is 5. The van der Waals surface area contributed by atoms with E-state index in [0.717, 1.165) is 13.1 Å². The molecule has 0 spiro atoms. The summed E-state index contributed by atoms with van der Waals surface area (Å²) in [5, 5.41) is 8.26. The molecule has 0 bridgehead atoms. The van der Waals surface area contributed by atoms with Crippen LogP contribution in [0.2, 0.25) is 0 Å². The van der Waals surface area contributed by atoms with Crippen LogP contribution in [-0.2, 0) is 11.2 Å². The first-order chi connectivity index (χ1) is 11.1. The van der Waals surface area contributed by atoms with Gasteiger partial charge in [-0.2, -0.15) is 0 Å². The summed E-state index contributed by atoms with van der Waals surface area (Å²) in [7, 11) is 2.08. The number of nitrogens with zero attached hydrogens (tertiary/aromatic N) is 3. The van der Waals surface area contributed by atoms with E-state index in [1.807, 2.05) is 6.08 Å². The summed E-state index contributed by atoms with van der Waals surface area (Å²) in [5.41, 5.74) is 2.43. The summed E-state index contributed by atoms with van der Waals surface area (Å²) in [4.78, 5) is 2.22. The molecule has 2 heterocycles. The van der Waals surface area contributed by atoms with Crippen LogP contribution in [0.1, 0.15) is 35.9 Å². The summed E-state index contributed by atoms with van der Waals surface area (Å²) < 4.78 is 11.6. The Morgan fingerprint density at radius 2 is 2.00 bits per heavy atom. The molecule has 0 radical (unpaired) electrons. The highest BCUT2D eigenvalue weighted by molar-refractivity contribution is 5.49. The van der Waals surface area contributed by atoms with Gasteiger partial charge in [-0.05, 0) is 26.5 Å². The summed E-state index contributed by atoms with van der Waals surface area (Å²) in [6.45, 7) is 5.85. The van der Waals surface area contributed by atoms with Crippen molar-refractivity contribution in [1.29, 1.82) is 0 Å². The predicted molar refractivity (Wildman–Crippen MR) is 89.0 cm³/mol. The molecule has 23 heavy (non-hydrogen) atoms. The number of ether oxygens (including phenoxy) is 1. The third-order valence-corrected chi connectivity index (χ3v) is 3.88. The first-order valence-corrected chi connectivity index (χ1v) is 7.99. The van der Waals surface area contributed by atoms with E-state index in [4.69, 9.17) is 9.15 Å². The highest BCUT2D eigenvalue weighted by atomic mass is 16.5. The van der Waals surface area contributed by atoms with Crippen LogP contribution in [0.3, 0.4) is 0 Å². The molecule has 3 rings (SSSR count). The number of hydrogen-bond donors (Lipinski definition) is 0. The second-order valence-electron chi connectivity index (χ2n) is 6.21. The lowest BCUT2D eigenvalue weighted by Crippen LogP contribution is -2.40. The lowest BCUT2D eigenvalue weighted by molar-refractivity contribution is -0.0825. The van der Waals surface area contributed by atoms with Gasteiger partial charge >= 0.3 is 0 Å². The molecular weight excluding hydrogens is 290 g/mol. The van der Waals surface area contributed by atoms with Gasteiger partial charge in [0.2, 0.25) is 11.8 Å². The molecule has 0 amide bonds. The highest BCUT2D eigenvalue weighted by Crippen LogP contribution is 2.23. The van der Waals surface area contributed by atoms with Crippen LogP contribution in [-0.4, -0.2) is 41.3 Å². The average Bonchev–Trinajstić information content (AvgIpc) is 2.97.